The first-order chi connectivity index (χ1) is 9.49. The topological polar surface area (TPSA) is 46.2 Å². The monoisotopic (exact) mass is 279 g/mol. The van der Waals surface area contributed by atoms with Crippen molar-refractivity contribution >= 4 is 0 Å². The Balaban J connectivity index is 1.79. The summed E-state index contributed by atoms with van der Waals surface area (Å²) in [5.41, 5.74) is 5.86. The highest BCUT2D eigenvalue weighted by Crippen LogP contribution is 2.63. The highest BCUT2D eigenvalue weighted by Gasteiger charge is 2.61. The van der Waals surface area contributed by atoms with Gasteiger partial charge < -0.3 is 10.8 Å². The van der Waals surface area contributed by atoms with Gasteiger partial charge in [0.15, 0.2) is 0 Å². The van der Waals surface area contributed by atoms with Crippen molar-refractivity contribution in [2.45, 2.75) is 77.2 Å². The molecule has 0 aromatic carbocycles. The van der Waals surface area contributed by atoms with Crippen molar-refractivity contribution in [3.8, 4) is 0 Å². The van der Waals surface area contributed by atoms with Gasteiger partial charge in [0.2, 0.25) is 0 Å². The third-order valence-electron chi connectivity index (χ3n) is 6.90. The predicted molar refractivity (Wildman–Crippen MR) is 83.3 cm³/mol. The van der Waals surface area contributed by atoms with Gasteiger partial charge in [0.25, 0.3) is 0 Å². The lowest BCUT2D eigenvalue weighted by molar-refractivity contribution is -0.142. The molecule has 3 aliphatic rings. The molecule has 2 bridgehead atoms. The van der Waals surface area contributed by atoms with Crippen molar-refractivity contribution in [3.63, 3.8) is 0 Å². The smallest absolute Gasteiger partial charge is 0.0721 e. The molecule has 0 radical (unpaired) electrons. The Morgan fingerprint density at radius 2 is 2.00 bits per heavy atom. The molecule has 20 heavy (non-hydrogen) atoms. The van der Waals surface area contributed by atoms with Crippen LogP contribution in [0.25, 0.3) is 0 Å². The van der Waals surface area contributed by atoms with E-state index < -0.39 is 5.60 Å². The van der Waals surface area contributed by atoms with E-state index in [2.05, 4.69) is 13.8 Å². The van der Waals surface area contributed by atoms with Crippen LogP contribution in [0.2, 0.25) is 0 Å². The summed E-state index contributed by atoms with van der Waals surface area (Å²) in [5, 5.41) is 11.5. The molecule has 3 rings (SSSR count). The summed E-state index contributed by atoms with van der Waals surface area (Å²) in [6.45, 7) is 5.33. The van der Waals surface area contributed by atoms with E-state index in [-0.39, 0.29) is 5.41 Å². The fourth-order valence-electron chi connectivity index (χ4n) is 6.14. The standard InChI is InChI=1S/C18H33NO/c1-13(2)8-14-4-3-7-18(20,11-14)17(12-19)10-15-5-6-16(17)9-15/h13-16,20H,3-12,19H2,1-2H3. The molecule has 0 aromatic rings. The van der Waals surface area contributed by atoms with Crippen LogP contribution < -0.4 is 5.73 Å². The van der Waals surface area contributed by atoms with Crippen LogP contribution in [-0.2, 0) is 0 Å². The Labute approximate surface area is 124 Å². The summed E-state index contributed by atoms with van der Waals surface area (Å²) in [4.78, 5) is 0. The molecule has 3 aliphatic carbocycles. The van der Waals surface area contributed by atoms with E-state index in [1.165, 1.54) is 44.9 Å². The van der Waals surface area contributed by atoms with Gasteiger partial charge >= 0.3 is 0 Å². The van der Waals surface area contributed by atoms with Crippen LogP contribution in [0.4, 0.5) is 0 Å². The van der Waals surface area contributed by atoms with E-state index in [4.69, 9.17) is 5.73 Å². The van der Waals surface area contributed by atoms with E-state index in [9.17, 15) is 5.11 Å². The number of nitrogens with two attached hydrogens (primary N) is 1. The molecular weight excluding hydrogens is 246 g/mol. The second-order valence-corrected chi connectivity index (χ2v) is 8.56. The van der Waals surface area contributed by atoms with Crippen molar-refractivity contribution < 1.29 is 5.11 Å². The van der Waals surface area contributed by atoms with Crippen LogP contribution in [-0.4, -0.2) is 17.3 Å². The minimum Gasteiger partial charge on any atom is -0.389 e. The van der Waals surface area contributed by atoms with Crippen LogP contribution in [0.5, 0.6) is 0 Å². The summed E-state index contributed by atoms with van der Waals surface area (Å²) in [5.74, 6) is 3.03. The van der Waals surface area contributed by atoms with Crippen molar-refractivity contribution in [2.75, 3.05) is 6.54 Å². The molecule has 5 unspecified atom stereocenters. The minimum absolute atomic E-state index is 0.0611. The van der Waals surface area contributed by atoms with Crippen LogP contribution >= 0.6 is 0 Å². The van der Waals surface area contributed by atoms with Gasteiger partial charge in [-0.3, -0.25) is 0 Å². The first kappa shape index (κ1) is 14.8. The van der Waals surface area contributed by atoms with Gasteiger partial charge in [0, 0.05) is 12.0 Å². The average Bonchev–Trinajstić information content (AvgIpc) is 2.98. The van der Waals surface area contributed by atoms with Gasteiger partial charge in [0.05, 0.1) is 5.60 Å². The highest BCUT2D eigenvalue weighted by atomic mass is 16.3. The number of fused-ring (bicyclic) bond motifs is 2. The van der Waals surface area contributed by atoms with Gasteiger partial charge in [-0.15, -0.1) is 0 Å². The molecule has 0 aliphatic heterocycles. The molecule has 3 N–H and O–H groups in total. The second-order valence-electron chi connectivity index (χ2n) is 8.56. The van der Waals surface area contributed by atoms with Crippen molar-refractivity contribution in [2.24, 2.45) is 34.8 Å². The zero-order valence-electron chi connectivity index (χ0n) is 13.4. The first-order valence-corrected chi connectivity index (χ1v) is 8.91. The van der Waals surface area contributed by atoms with Crippen LogP contribution in [0, 0.1) is 29.1 Å². The van der Waals surface area contributed by atoms with E-state index in [0.29, 0.717) is 12.5 Å². The maximum absolute atomic E-state index is 11.5. The minimum atomic E-state index is -0.459. The molecule has 0 saturated heterocycles. The number of hydrogen-bond donors (Lipinski definition) is 2. The fourth-order valence-corrected chi connectivity index (χ4v) is 6.14. The Morgan fingerprint density at radius 1 is 1.20 bits per heavy atom. The summed E-state index contributed by atoms with van der Waals surface area (Å²) >= 11 is 0. The Bertz CT molecular complexity index is 355. The molecule has 0 heterocycles. The van der Waals surface area contributed by atoms with Crippen molar-refractivity contribution in [1.82, 2.24) is 0 Å². The Morgan fingerprint density at radius 3 is 2.55 bits per heavy atom. The van der Waals surface area contributed by atoms with Gasteiger partial charge in [-0.2, -0.15) is 0 Å². The molecule has 0 amide bonds. The summed E-state index contributed by atoms with van der Waals surface area (Å²) < 4.78 is 0. The zero-order valence-corrected chi connectivity index (χ0v) is 13.4. The van der Waals surface area contributed by atoms with E-state index in [0.717, 1.165) is 30.6 Å². The summed E-state index contributed by atoms with van der Waals surface area (Å²) in [6, 6.07) is 0. The van der Waals surface area contributed by atoms with Gasteiger partial charge in [-0.1, -0.05) is 33.1 Å². The Kier molecular flexibility index (Phi) is 3.92. The zero-order chi connectivity index (χ0) is 14.4. The number of rotatable bonds is 4. The van der Waals surface area contributed by atoms with E-state index in [1.54, 1.807) is 0 Å². The largest absolute Gasteiger partial charge is 0.389 e. The molecule has 3 saturated carbocycles. The van der Waals surface area contributed by atoms with E-state index >= 15 is 0 Å². The maximum Gasteiger partial charge on any atom is 0.0721 e. The highest BCUT2D eigenvalue weighted by molar-refractivity contribution is 5.12. The maximum atomic E-state index is 11.5. The molecule has 5 atom stereocenters. The summed E-state index contributed by atoms with van der Waals surface area (Å²) in [7, 11) is 0. The molecule has 2 nitrogen and oxygen atoms in total. The second kappa shape index (κ2) is 5.28. The lowest BCUT2D eigenvalue weighted by Gasteiger charge is -2.53. The normalized spacial score (nSPS) is 48.1. The van der Waals surface area contributed by atoms with Crippen LogP contribution in [0.15, 0.2) is 0 Å². The average molecular weight is 279 g/mol. The van der Waals surface area contributed by atoms with Gasteiger partial charge in [0.1, 0.15) is 0 Å². The van der Waals surface area contributed by atoms with Crippen molar-refractivity contribution in [3.05, 3.63) is 0 Å². The first-order valence-electron chi connectivity index (χ1n) is 8.91. The fraction of sp³-hybridized carbons (Fsp3) is 1.00. The third-order valence-corrected chi connectivity index (χ3v) is 6.90. The van der Waals surface area contributed by atoms with Gasteiger partial charge in [-0.25, -0.2) is 0 Å². The SMILES string of the molecule is CC(C)CC1CCCC(O)(C2(CN)CC3CCC2C3)C1. The molecule has 2 heteroatoms. The predicted octanol–water partition coefficient (Wildman–Crippen LogP) is 3.72. The molecule has 3 fully saturated rings. The number of aliphatic hydroxyl groups is 1. The van der Waals surface area contributed by atoms with Crippen molar-refractivity contribution in [1.29, 1.82) is 0 Å². The molecule has 0 spiro atoms. The van der Waals surface area contributed by atoms with Crippen LogP contribution in [0.3, 0.4) is 0 Å². The third kappa shape index (κ3) is 2.23. The molecule has 116 valence electrons. The van der Waals surface area contributed by atoms with E-state index in [1.807, 2.05) is 0 Å². The lowest BCUT2D eigenvalue weighted by Crippen LogP contribution is -2.57. The Hall–Kier alpha value is -0.0800. The van der Waals surface area contributed by atoms with Gasteiger partial charge in [-0.05, 0) is 62.2 Å². The lowest BCUT2D eigenvalue weighted by atomic mass is 9.56. The molecular formula is C18H33NO. The summed E-state index contributed by atoms with van der Waals surface area (Å²) in [6.07, 6.45) is 11.1. The quantitative estimate of drug-likeness (QED) is 0.824. The van der Waals surface area contributed by atoms with Crippen LogP contribution in [0.1, 0.15) is 71.6 Å². The number of hydrogen-bond acceptors (Lipinski definition) is 2. The molecule has 0 aromatic heterocycles.